The Labute approximate surface area is 188 Å². The molecule has 2 heterocycles. The van der Waals surface area contributed by atoms with Crippen LogP contribution in [0.2, 0.25) is 0 Å². The summed E-state index contributed by atoms with van der Waals surface area (Å²) in [5.74, 6) is -0.0379. The first-order valence-corrected chi connectivity index (χ1v) is 11.0. The Balaban J connectivity index is 1.60. The second-order valence-electron chi connectivity index (χ2n) is 7.37. The molecule has 162 valence electrons. The minimum atomic E-state index is -0.326. The van der Waals surface area contributed by atoms with Gasteiger partial charge in [0.1, 0.15) is 11.6 Å². The maximum absolute atomic E-state index is 13.2. The van der Waals surface area contributed by atoms with Gasteiger partial charge >= 0.3 is 0 Å². The fourth-order valence-electron chi connectivity index (χ4n) is 3.30. The minimum Gasteiger partial charge on any atom is -0.349 e. The fraction of sp³-hybridized carbons (Fsp3) is 0.167. The fourth-order valence-corrected chi connectivity index (χ4v) is 4.11. The van der Waals surface area contributed by atoms with Crippen LogP contribution >= 0.6 is 11.8 Å². The Morgan fingerprint density at radius 2 is 1.91 bits per heavy atom. The number of aromatic nitrogens is 3. The number of hydrogen-bond acceptors (Lipinski definition) is 5. The van der Waals surface area contributed by atoms with E-state index in [4.69, 9.17) is 0 Å². The Morgan fingerprint density at radius 3 is 2.66 bits per heavy atom. The molecule has 0 spiro atoms. The van der Waals surface area contributed by atoms with Gasteiger partial charge in [-0.3, -0.25) is 9.59 Å². The van der Waals surface area contributed by atoms with Gasteiger partial charge in [-0.15, -0.1) is 0 Å². The molecule has 2 aromatic carbocycles. The molecule has 0 aliphatic rings. The first-order valence-electron chi connectivity index (χ1n) is 10.0. The van der Waals surface area contributed by atoms with Crippen LogP contribution in [0.4, 0.5) is 4.39 Å². The molecule has 0 bridgehead atoms. The SMILES string of the molecule is Cc1ccnc(-n2c(SCC(=O)NC(C)c3ccc(F)cc3)nc3ccccc3c2=O)c1. The summed E-state index contributed by atoms with van der Waals surface area (Å²) in [5.41, 5.74) is 2.08. The van der Waals surface area contributed by atoms with Gasteiger partial charge in [0.2, 0.25) is 5.91 Å². The monoisotopic (exact) mass is 448 g/mol. The van der Waals surface area contributed by atoms with Gasteiger partial charge in [0.15, 0.2) is 5.16 Å². The minimum absolute atomic E-state index is 0.0577. The molecule has 8 heteroatoms. The number of hydrogen-bond donors (Lipinski definition) is 1. The molecule has 0 aliphatic carbocycles. The molecule has 0 fully saturated rings. The van der Waals surface area contributed by atoms with Gasteiger partial charge in [-0.2, -0.15) is 0 Å². The first-order chi connectivity index (χ1) is 15.4. The van der Waals surface area contributed by atoms with Crippen molar-refractivity contribution in [3.63, 3.8) is 0 Å². The highest BCUT2D eigenvalue weighted by atomic mass is 32.2. The van der Waals surface area contributed by atoms with Gasteiger partial charge in [0.05, 0.1) is 22.7 Å². The summed E-state index contributed by atoms with van der Waals surface area (Å²) in [6.07, 6.45) is 1.64. The van der Waals surface area contributed by atoms with Crippen molar-refractivity contribution < 1.29 is 9.18 Å². The summed E-state index contributed by atoms with van der Waals surface area (Å²) in [6, 6.07) is 16.5. The number of pyridine rings is 1. The zero-order valence-corrected chi connectivity index (χ0v) is 18.4. The molecule has 1 N–H and O–H groups in total. The van der Waals surface area contributed by atoms with Gasteiger partial charge in [0.25, 0.3) is 5.56 Å². The normalized spacial score (nSPS) is 12.0. The second-order valence-corrected chi connectivity index (χ2v) is 8.32. The van der Waals surface area contributed by atoms with Crippen molar-refractivity contribution in [1.29, 1.82) is 0 Å². The maximum Gasteiger partial charge on any atom is 0.267 e. The molecule has 6 nitrogen and oxygen atoms in total. The van der Waals surface area contributed by atoms with Crippen molar-refractivity contribution in [1.82, 2.24) is 19.9 Å². The Bertz CT molecular complexity index is 1340. The Morgan fingerprint density at radius 1 is 1.16 bits per heavy atom. The molecule has 32 heavy (non-hydrogen) atoms. The number of rotatable bonds is 6. The van der Waals surface area contributed by atoms with Crippen molar-refractivity contribution in [3.8, 4) is 5.82 Å². The number of fused-ring (bicyclic) bond motifs is 1. The van der Waals surface area contributed by atoms with Gasteiger partial charge in [-0.05, 0) is 61.4 Å². The topological polar surface area (TPSA) is 76.9 Å². The van der Waals surface area contributed by atoms with E-state index in [9.17, 15) is 14.0 Å². The summed E-state index contributed by atoms with van der Waals surface area (Å²) < 4.78 is 14.6. The first kappa shape index (κ1) is 21.7. The van der Waals surface area contributed by atoms with E-state index in [1.807, 2.05) is 26.0 Å². The standard InChI is InChI=1S/C24H21FN4O2S/c1-15-11-12-26-21(13-15)29-23(31)19-5-3-4-6-20(19)28-24(29)32-14-22(30)27-16(2)17-7-9-18(25)10-8-17/h3-13,16H,14H2,1-2H3,(H,27,30). The predicted octanol–water partition coefficient (Wildman–Crippen LogP) is 4.20. The molecule has 4 aromatic rings. The molecule has 1 amide bonds. The third-order valence-corrected chi connectivity index (χ3v) is 5.89. The lowest BCUT2D eigenvalue weighted by atomic mass is 10.1. The van der Waals surface area contributed by atoms with Gasteiger partial charge in [0, 0.05) is 6.20 Å². The Kier molecular flexibility index (Phi) is 6.32. The molecular weight excluding hydrogens is 427 g/mol. The average molecular weight is 449 g/mol. The van der Waals surface area contributed by atoms with E-state index < -0.39 is 0 Å². The average Bonchev–Trinajstić information content (AvgIpc) is 2.78. The van der Waals surface area contributed by atoms with Crippen LogP contribution in [0.25, 0.3) is 16.7 Å². The van der Waals surface area contributed by atoms with E-state index in [1.54, 1.807) is 42.6 Å². The summed E-state index contributed by atoms with van der Waals surface area (Å²) in [4.78, 5) is 34.8. The highest BCUT2D eigenvalue weighted by molar-refractivity contribution is 7.99. The smallest absolute Gasteiger partial charge is 0.267 e. The number of carbonyl (C=O) groups is 1. The van der Waals surface area contributed by atoms with E-state index >= 15 is 0 Å². The van der Waals surface area contributed by atoms with E-state index in [0.29, 0.717) is 21.9 Å². The highest BCUT2D eigenvalue weighted by Crippen LogP contribution is 2.21. The van der Waals surface area contributed by atoms with Gasteiger partial charge in [-0.25, -0.2) is 18.9 Å². The van der Waals surface area contributed by atoms with E-state index in [0.717, 1.165) is 22.9 Å². The lowest BCUT2D eigenvalue weighted by Crippen LogP contribution is -2.29. The number of nitrogens with one attached hydrogen (secondary N) is 1. The van der Waals surface area contributed by atoms with Crippen LogP contribution in [0.3, 0.4) is 0 Å². The number of amides is 1. The van der Waals surface area contributed by atoms with Crippen molar-refractivity contribution in [2.24, 2.45) is 0 Å². The molecular formula is C24H21FN4O2S. The van der Waals surface area contributed by atoms with Gasteiger partial charge < -0.3 is 5.32 Å². The van der Waals surface area contributed by atoms with E-state index in [-0.39, 0.29) is 29.1 Å². The summed E-state index contributed by atoms with van der Waals surface area (Å²) in [6.45, 7) is 3.75. The van der Waals surface area contributed by atoms with Crippen LogP contribution in [0.15, 0.2) is 76.8 Å². The highest BCUT2D eigenvalue weighted by Gasteiger charge is 2.17. The zero-order valence-electron chi connectivity index (χ0n) is 17.6. The third kappa shape index (κ3) is 4.70. The second kappa shape index (κ2) is 9.32. The quantitative estimate of drug-likeness (QED) is 0.353. The van der Waals surface area contributed by atoms with Crippen LogP contribution in [0.5, 0.6) is 0 Å². The number of carbonyl (C=O) groups excluding carboxylic acids is 1. The van der Waals surface area contributed by atoms with Crippen molar-refractivity contribution >= 4 is 28.6 Å². The number of nitrogens with zero attached hydrogens (tertiary/aromatic N) is 3. The Hall–Kier alpha value is -3.52. The number of aryl methyl sites for hydroxylation is 1. The third-order valence-electron chi connectivity index (χ3n) is 4.95. The van der Waals surface area contributed by atoms with Gasteiger partial charge in [-0.1, -0.05) is 36.0 Å². The summed E-state index contributed by atoms with van der Waals surface area (Å²) in [7, 11) is 0. The number of thioether (sulfide) groups is 1. The molecule has 1 unspecified atom stereocenters. The molecule has 1 atom stereocenters. The predicted molar refractivity (Wildman–Crippen MR) is 124 cm³/mol. The van der Waals surface area contributed by atoms with Crippen molar-refractivity contribution in [2.75, 3.05) is 5.75 Å². The lowest BCUT2D eigenvalue weighted by Gasteiger charge is -2.15. The van der Waals surface area contributed by atoms with Crippen LogP contribution < -0.4 is 10.9 Å². The van der Waals surface area contributed by atoms with Crippen LogP contribution in [0, 0.1) is 12.7 Å². The van der Waals surface area contributed by atoms with Crippen LogP contribution in [0.1, 0.15) is 24.1 Å². The zero-order chi connectivity index (χ0) is 22.7. The molecule has 0 saturated heterocycles. The maximum atomic E-state index is 13.2. The van der Waals surface area contributed by atoms with Crippen molar-refractivity contribution in [3.05, 3.63) is 94.2 Å². The molecule has 4 rings (SSSR count). The summed E-state index contributed by atoms with van der Waals surface area (Å²) in [5, 5.41) is 3.76. The van der Waals surface area contributed by atoms with Crippen molar-refractivity contribution in [2.45, 2.75) is 25.0 Å². The lowest BCUT2D eigenvalue weighted by molar-refractivity contribution is -0.119. The number of benzene rings is 2. The number of halogens is 1. The van der Waals surface area contributed by atoms with Crippen LogP contribution in [-0.4, -0.2) is 26.2 Å². The molecule has 0 radical (unpaired) electrons. The molecule has 0 saturated carbocycles. The molecule has 0 aliphatic heterocycles. The molecule has 2 aromatic heterocycles. The number of para-hydroxylation sites is 1. The summed E-state index contributed by atoms with van der Waals surface area (Å²) >= 11 is 1.16. The van der Waals surface area contributed by atoms with E-state index in [1.165, 1.54) is 16.7 Å². The van der Waals surface area contributed by atoms with Crippen LogP contribution in [-0.2, 0) is 4.79 Å². The largest absolute Gasteiger partial charge is 0.349 e. The van der Waals surface area contributed by atoms with E-state index in [2.05, 4.69) is 15.3 Å².